The van der Waals surface area contributed by atoms with Gasteiger partial charge in [-0.05, 0) is 61.4 Å². The molecule has 2 heterocycles. The number of benzene rings is 2. The molecule has 2 aromatic carbocycles. The SMILES string of the molecule is Cc1cc(C)cc(NC(=O)Nc2ccc(-c3nc(CS(C)(=O)=O)cc(N4CCOCC4)n3)cc2)c1. The fourth-order valence-corrected chi connectivity index (χ4v) is 4.64. The Morgan fingerprint density at radius 1 is 0.943 bits per heavy atom. The summed E-state index contributed by atoms with van der Waals surface area (Å²) in [5.41, 5.74) is 4.63. The average Bonchev–Trinajstić information content (AvgIpc) is 2.78. The van der Waals surface area contributed by atoms with Crippen molar-refractivity contribution in [3.8, 4) is 11.4 Å². The van der Waals surface area contributed by atoms with Gasteiger partial charge in [0.25, 0.3) is 0 Å². The van der Waals surface area contributed by atoms with Crippen LogP contribution in [0.15, 0.2) is 48.5 Å². The molecule has 9 nitrogen and oxygen atoms in total. The van der Waals surface area contributed by atoms with E-state index in [0.717, 1.165) is 22.4 Å². The Hall–Kier alpha value is -3.50. The van der Waals surface area contributed by atoms with Crippen molar-refractivity contribution < 1.29 is 17.9 Å². The monoisotopic (exact) mass is 495 g/mol. The minimum atomic E-state index is -3.26. The van der Waals surface area contributed by atoms with E-state index in [0.29, 0.717) is 49.3 Å². The molecule has 35 heavy (non-hydrogen) atoms. The lowest BCUT2D eigenvalue weighted by molar-refractivity contribution is 0.122. The van der Waals surface area contributed by atoms with Crippen molar-refractivity contribution >= 4 is 33.1 Å². The molecule has 1 saturated heterocycles. The van der Waals surface area contributed by atoms with Gasteiger partial charge in [-0.2, -0.15) is 0 Å². The van der Waals surface area contributed by atoms with Gasteiger partial charge in [-0.1, -0.05) is 6.07 Å². The lowest BCUT2D eigenvalue weighted by atomic mass is 10.1. The zero-order valence-corrected chi connectivity index (χ0v) is 20.9. The summed E-state index contributed by atoms with van der Waals surface area (Å²) in [7, 11) is -3.26. The topological polar surface area (TPSA) is 114 Å². The number of ether oxygens (including phenoxy) is 1. The first-order chi connectivity index (χ1) is 16.6. The number of anilines is 3. The summed E-state index contributed by atoms with van der Waals surface area (Å²) in [6.07, 6.45) is 1.19. The van der Waals surface area contributed by atoms with Gasteiger partial charge in [0.15, 0.2) is 15.7 Å². The zero-order valence-electron chi connectivity index (χ0n) is 20.0. The maximum atomic E-state index is 12.4. The summed E-state index contributed by atoms with van der Waals surface area (Å²) in [5, 5.41) is 5.67. The predicted molar refractivity (Wildman–Crippen MR) is 138 cm³/mol. The van der Waals surface area contributed by atoms with Crippen LogP contribution in [-0.4, -0.2) is 57.0 Å². The van der Waals surface area contributed by atoms with E-state index in [-0.39, 0.29) is 11.8 Å². The number of aromatic nitrogens is 2. The van der Waals surface area contributed by atoms with Gasteiger partial charge < -0.3 is 20.3 Å². The number of nitrogens with zero attached hydrogens (tertiary/aromatic N) is 3. The summed E-state index contributed by atoms with van der Waals surface area (Å²) in [4.78, 5) is 23.7. The third-order valence-corrected chi connectivity index (χ3v) is 6.21. The fourth-order valence-electron chi connectivity index (χ4n) is 3.95. The predicted octanol–water partition coefficient (Wildman–Crippen LogP) is 3.79. The van der Waals surface area contributed by atoms with Gasteiger partial charge in [0.1, 0.15) is 5.82 Å². The van der Waals surface area contributed by atoms with Crippen LogP contribution in [0.25, 0.3) is 11.4 Å². The highest BCUT2D eigenvalue weighted by Gasteiger charge is 2.17. The van der Waals surface area contributed by atoms with Crippen LogP contribution in [0.4, 0.5) is 22.0 Å². The third-order valence-electron chi connectivity index (χ3n) is 5.39. The van der Waals surface area contributed by atoms with Crippen molar-refractivity contribution in [1.82, 2.24) is 9.97 Å². The number of hydrogen-bond donors (Lipinski definition) is 2. The van der Waals surface area contributed by atoms with Crippen LogP contribution >= 0.6 is 0 Å². The van der Waals surface area contributed by atoms with E-state index < -0.39 is 9.84 Å². The number of sulfone groups is 1. The summed E-state index contributed by atoms with van der Waals surface area (Å²) in [6.45, 7) is 6.48. The van der Waals surface area contributed by atoms with Gasteiger partial charge in [-0.3, -0.25) is 0 Å². The molecule has 2 amide bonds. The van der Waals surface area contributed by atoms with Crippen LogP contribution in [0, 0.1) is 13.8 Å². The number of aryl methyl sites for hydroxylation is 2. The molecule has 0 saturated carbocycles. The molecular weight excluding hydrogens is 466 g/mol. The number of amides is 2. The van der Waals surface area contributed by atoms with Crippen LogP contribution in [0.1, 0.15) is 16.8 Å². The minimum Gasteiger partial charge on any atom is -0.378 e. The molecule has 0 unspecified atom stereocenters. The minimum absolute atomic E-state index is 0.169. The molecule has 3 aromatic rings. The molecule has 1 aromatic heterocycles. The van der Waals surface area contributed by atoms with Crippen molar-refractivity contribution in [2.24, 2.45) is 0 Å². The second kappa shape index (κ2) is 10.4. The van der Waals surface area contributed by atoms with Crippen LogP contribution < -0.4 is 15.5 Å². The molecule has 184 valence electrons. The van der Waals surface area contributed by atoms with Crippen molar-refractivity contribution in [3.63, 3.8) is 0 Å². The Kier molecular flexibility index (Phi) is 7.32. The van der Waals surface area contributed by atoms with Crippen LogP contribution in [0.5, 0.6) is 0 Å². The Labute approximate surface area is 205 Å². The standard InChI is InChI=1S/C25H29N5O4S/c1-17-12-18(2)14-21(13-17)28-25(31)27-20-6-4-19(5-7-20)24-26-22(16-35(3,32)33)15-23(29-24)30-8-10-34-11-9-30/h4-7,12-15H,8-11,16H2,1-3H3,(H2,27,28,31). The highest BCUT2D eigenvalue weighted by molar-refractivity contribution is 7.89. The number of urea groups is 1. The normalized spacial score (nSPS) is 14.0. The first-order valence-electron chi connectivity index (χ1n) is 11.3. The van der Waals surface area contributed by atoms with Crippen molar-refractivity contribution in [3.05, 3.63) is 65.4 Å². The van der Waals surface area contributed by atoms with Crippen LogP contribution in [0.2, 0.25) is 0 Å². The van der Waals surface area contributed by atoms with Gasteiger partial charge in [0.2, 0.25) is 0 Å². The molecule has 0 atom stereocenters. The maximum Gasteiger partial charge on any atom is 0.323 e. The molecule has 1 fully saturated rings. The Bertz CT molecular complexity index is 1300. The molecule has 0 radical (unpaired) electrons. The van der Waals surface area contributed by atoms with Gasteiger partial charge in [-0.15, -0.1) is 0 Å². The van der Waals surface area contributed by atoms with Gasteiger partial charge >= 0.3 is 6.03 Å². The first-order valence-corrected chi connectivity index (χ1v) is 13.4. The van der Waals surface area contributed by atoms with Gasteiger partial charge in [0, 0.05) is 42.3 Å². The second-order valence-electron chi connectivity index (χ2n) is 8.74. The number of nitrogens with one attached hydrogen (secondary N) is 2. The molecule has 10 heteroatoms. The highest BCUT2D eigenvalue weighted by atomic mass is 32.2. The molecular formula is C25H29N5O4S. The Morgan fingerprint density at radius 2 is 1.57 bits per heavy atom. The summed E-state index contributed by atoms with van der Waals surface area (Å²) in [6, 6.07) is 14.4. The van der Waals surface area contributed by atoms with Crippen LogP contribution in [-0.2, 0) is 20.3 Å². The van der Waals surface area contributed by atoms with E-state index in [1.165, 1.54) is 6.26 Å². The summed E-state index contributed by atoms with van der Waals surface area (Å²) < 4.78 is 29.2. The quantitative estimate of drug-likeness (QED) is 0.535. The summed E-state index contributed by atoms with van der Waals surface area (Å²) >= 11 is 0. The van der Waals surface area contributed by atoms with E-state index in [1.807, 2.05) is 32.0 Å². The number of carbonyl (C=O) groups excluding carboxylic acids is 1. The first kappa shape index (κ1) is 24.6. The summed E-state index contributed by atoms with van der Waals surface area (Å²) in [5.74, 6) is 0.934. The number of rotatable bonds is 6. The molecule has 0 spiro atoms. The lowest BCUT2D eigenvalue weighted by Gasteiger charge is -2.28. The number of carbonyl (C=O) groups is 1. The fraction of sp³-hybridized carbons (Fsp3) is 0.320. The molecule has 1 aliphatic heterocycles. The van der Waals surface area contributed by atoms with E-state index in [4.69, 9.17) is 4.74 Å². The van der Waals surface area contributed by atoms with Gasteiger partial charge in [0.05, 0.1) is 24.7 Å². The average molecular weight is 496 g/mol. The van der Waals surface area contributed by atoms with Crippen molar-refractivity contribution in [2.75, 3.05) is 48.1 Å². The number of hydrogen-bond acceptors (Lipinski definition) is 7. The van der Waals surface area contributed by atoms with E-state index in [2.05, 4.69) is 25.5 Å². The Morgan fingerprint density at radius 3 is 2.20 bits per heavy atom. The van der Waals surface area contributed by atoms with Crippen molar-refractivity contribution in [2.45, 2.75) is 19.6 Å². The Balaban J connectivity index is 1.53. The zero-order chi connectivity index (χ0) is 25.0. The largest absolute Gasteiger partial charge is 0.378 e. The molecule has 1 aliphatic rings. The molecule has 2 N–H and O–H groups in total. The molecule has 4 rings (SSSR count). The number of morpholine rings is 1. The van der Waals surface area contributed by atoms with E-state index in [9.17, 15) is 13.2 Å². The third kappa shape index (κ3) is 7.00. The molecule has 0 aliphatic carbocycles. The maximum absolute atomic E-state index is 12.4. The lowest BCUT2D eigenvalue weighted by Crippen LogP contribution is -2.37. The van der Waals surface area contributed by atoms with Crippen LogP contribution in [0.3, 0.4) is 0 Å². The highest BCUT2D eigenvalue weighted by Crippen LogP contribution is 2.24. The smallest absolute Gasteiger partial charge is 0.323 e. The van der Waals surface area contributed by atoms with E-state index >= 15 is 0 Å². The van der Waals surface area contributed by atoms with E-state index in [1.54, 1.807) is 30.3 Å². The molecule has 0 bridgehead atoms. The van der Waals surface area contributed by atoms with Gasteiger partial charge in [-0.25, -0.2) is 23.2 Å². The van der Waals surface area contributed by atoms with Crippen molar-refractivity contribution in [1.29, 1.82) is 0 Å². The second-order valence-corrected chi connectivity index (χ2v) is 10.9.